The van der Waals surface area contributed by atoms with E-state index in [1.54, 1.807) is 30.5 Å². The maximum absolute atomic E-state index is 13.3. The molecule has 0 bridgehead atoms. The van der Waals surface area contributed by atoms with Crippen LogP contribution in [-0.4, -0.2) is 15.4 Å². The largest absolute Gasteiger partial charge is 0.366 e. The molecule has 1 N–H and O–H groups in total. The van der Waals surface area contributed by atoms with Crippen molar-refractivity contribution in [3.8, 4) is 0 Å². The highest BCUT2D eigenvalue weighted by Gasteiger charge is 2.38. The molecule has 110 valence electrons. The van der Waals surface area contributed by atoms with Crippen molar-refractivity contribution in [3.05, 3.63) is 76.5 Å². The minimum absolute atomic E-state index is 0.115. The van der Waals surface area contributed by atoms with E-state index in [1.807, 2.05) is 12.1 Å². The van der Waals surface area contributed by atoms with Crippen LogP contribution in [-0.2, 0) is 0 Å². The molecule has 1 fully saturated rings. The molecule has 2 aromatic heterocycles. The van der Waals surface area contributed by atoms with Gasteiger partial charge in [0.05, 0.1) is 0 Å². The van der Waals surface area contributed by atoms with Gasteiger partial charge in [0, 0.05) is 24.2 Å². The number of benzene rings is 1. The fourth-order valence-corrected chi connectivity index (χ4v) is 2.78. The SMILES string of the molecule is O=c1cc(N[C@@H]2C[C@H]2c2cccc(F)c2)nc2ccccn12. The Bertz CT molecular complexity index is 906. The molecule has 1 aliphatic carbocycles. The molecule has 2 heterocycles. The van der Waals surface area contributed by atoms with Crippen molar-refractivity contribution in [2.45, 2.75) is 18.4 Å². The van der Waals surface area contributed by atoms with Gasteiger partial charge >= 0.3 is 0 Å². The van der Waals surface area contributed by atoms with Gasteiger partial charge < -0.3 is 5.32 Å². The Morgan fingerprint density at radius 3 is 2.95 bits per heavy atom. The number of rotatable bonds is 3. The summed E-state index contributed by atoms with van der Waals surface area (Å²) in [4.78, 5) is 16.5. The average molecular weight is 295 g/mol. The number of aromatic nitrogens is 2. The smallest absolute Gasteiger partial charge is 0.259 e. The summed E-state index contributed by atoms with van der Waals surface area (Å²) in [5, 5.41) is 3.27. The van der Waals surface area contributed by atoms with Crippen LogP contribution in [0.15, 0.2) is 59.5 Å². The molecule has 4 rings (SSSR count). The van der Waals surface area contributed by atoms with Gasteiger partial charge in [0.1, 0.15) is 17.3 Å². The highest BCUT2D eigenvalue weighted by molar-refractivity contribution is 5.48. The number of nitrogens with zero attached hydrogens (tertiary/aromatic N) is 2. The average Bonchev–Trinajstić information content (AvgIpc) is 3.26. The summed E-state index contributed by atoms with van der Waals surface area (Å²) in [5.74, 6) is 0.622. The minimum Gasteiger partial charge on any atom is -0.366 e. The van der Waals surface area contributed by atoms with Crippen LogP contribution in [0.2, 0.25) is 0 Å². The number of hydrogen-bond acceptors (Lipinski definition) is 3. The first kappa shape index (κ1) is 13.0. The molecule has 1 saturated carbocycles. The summed E-state index contributed by atoms with van der Waals surface area (Å²) in [7, 11) is 0. The summed E-state index contributed by atoms with van der Waals surface area (Å²) < 4.78 is 14.8. The van der Waals surface area contributed by atoms with E-state index >= 15 is 0 Å². The van der Waals surface area contributed by atoms with Gasteiger partial charge in [-0.25, -0.2) is 9.37 Å². The number of anilines is 1. The molecule has 22 heavy (non-hydrogen) atoms. The second-order valence-corrected chi connectivity index (χ2v) is 5.56. The van der Waals surface area contributed by atoms with Gasteiger partial charge in [0.15, 0.2) is 0 Å². The van der Waals surface area contributed by atoms with Gasteiger partial charge in [0.2, 0.25) is 0 Å². The van der Waals surface area contributed by atoms with Crippen LogP contribution in [0.5, 0.6) is 0 Å². The number of nitrogens with one attached hydrogen (secondary N) is 1. The molecular weight excluding hydrogens is 281 g/mol. The van der Waals surface area contributed by atoms with Gasteiger partial charge in [0.25, 0.3) is 5.56 Å². The predicted octanol–water partition coefficient (Wildman–Crippen LogP) is 2.80. The minimum atomic E-state index is -0.217. The molecule has 3 aromatic rings. The highest BCUT2D eigenvalue weighted by atomic mass is 19.1. The van der Waals surface area contributed by atoms with E-state index in [9.17, 15) is 9.18 Å². The summed E-state index contributed by atoms with van der Waals surface area (Å²) >= 11 is 0. The van der Waals surface area contributed by atoms with Crippen molar-refractivity contribution in [1.82, 2.24) is 9.38 Å². The monoisotopic (exact) mass is 295 g/mol. The summed E-state index contributed by atoms with van der Waals surface area (Å²) in [6.07, 6.45) is 2.61. The third-order valence-electron chi connectivity index (χ3n) is 3.97. The van der Waals surface area contributed by atoms with Crippen molar-refractivity contribution in [2.75, 3.05) is 5.32 Å². The van der Waals surface area contributed by atoms with E-state index in [2.05, 4.69) is 10.3 Å². The molecule has 0 unspecified atom stereocenters. The van der Waals surface area contributed by atoms with Crippen LogP contribution < -0.4 is 10.9 Å². The lowest BCUT2D eigenvalue weighted by Crippen LogP contribution is -2.16. The van der Waals surface area contributed by atoms with E-state index in [0.29, 0.717) is 11.5 Å². The number of fused-ring (bicyclic) bond motifs is 1. The quantitative estimate of drug-likeness (QED) is 0.808. The van der Waals surface area contributed by atoms with Gasteiger partial charge in [-0.1, -0.05) is 18.2 Å². The first-order chi connectivity index (χ1) is 10.7. The first-order valence-electron chi connectivity index (χ1n) is 7.21. The fraction of sp³-hybridized carbons (Fsp3) is 0.176. The Kier molecular flexibility index (Phi) is 2.92. The Labute approximate surface area is 126 Å². The van der Waals surface area contributed by atoms with Crippen LogP contribution in [0.1, 0.15) is 17.9 Å². The normalized spacial score (nSPS) is 20.0. The molecular formula is C17H14FN3O. The van der Waals surface area contributed by atoms with E-state index in [0.717, 1.165) is 12.0 Å². The summed E-state index contributed by atoms with van der Waals surface area (Å²) in [6, 6.07) is 13.8. The molecule has 5 heteroatoms. The molecule has 1 aliphatic rings. The lowest BCUT2D eigenvalue weighted by Gasteiger charge is -2.07. The summed E-state index contributed by atoms with van der Waals surface area (Å²) in [6.45, 7) is 0. The van der Waals surface area contributed by atoms with Crippen molar-refractivity contribution in [1.29, 1.82) is 0 Å². The fourth-order valence-electron chi connectivity index (χ4n) is 2.78. The summed E-state index contributed by atoms with van der Waals surface area (Å²) in [5.41, 5.74) is 1.48. The van der Waals surface area contributed by atoms with Crippen molar-refractivity contribution >= 4 is 11.5 Å². The number of hydrogen-bond donors (Lipinski definition) is 1. The Morgan fingerprint density at radius 1 is 1.18 bits per heavy atom. The topological polar surface area (TPSA) is 46.4 Å². The standard InChI is InChI=1S/C17H14FN3O/c18-12-5-3-4-11(8-12)13-9-14(13)19-15-10-17(22)21-7-2-1-6-16(21)20-15/h1-8,10,13-14,19H,9H2/t13-,14+/m0/s1. The van der Waals surface area contributed by atoms with Crippen LogP contribution in [0.25, 0.3) is 5.65 Å². The second-order valence-electron chi connectivity index (χ2n) is 5.56. The van der Waals surface area contributed by atoms with E-state index in [-0.39, 0.29) is 23.3 Å². The lowest BCUT2D eigenvalue weighted by atomic mass is 10.1. The maximum atomic E-state index is 13.3. The molecule has 1 aromatic carbocycles. The zero-order valence-electron chi connectivity index (χ0n) is 11.7. The van der Waals surface area contributed by atoms with Crippen molar-refractivity contribution in [3.63, 3.8) is 0 Å². The van der Waals surface area contributed by atoms with Gasteiger partial charge in [-0.3, -0.25) is 9.20 Å². The molecule has 0 amide bonds. The van der Waals surface area contributed by atoms with Gasteiger partial charge in [-0.2, -0.15) is 0 Å². The van der Waals surface area contributed by atoms with Gasteiger partial charge in [-0.05, 0) is 36.2 Å². The maximum Gasteiger partial charge on any atom is 0.259 e. The van der Waals surface area contributed by atoms with E-state index < -0.39 is 0 Å². The third kappa shape index (κ3) is 2.35. The van der Waals surface area contributed by atoms with Crippen LogP contribution in [0.4, 0.5) is 10.2 Å². The van der Waals surface area contributed by atoms with Crippen molar-refractivity contribution in [2.24, 2.45) is 0 Å². The molecule has 2 atom stereocenters. The Balaban J connectivity index is 1.57. The van der Waals surface area contributed by atoms with Crippen LogP contribution >= 0.6 is 0 Å². The molecule has 0 aliphatic heterocycles. The van der Waals surface area contributed by atoms with Crippen LogP contribution in [0.3, 0.4) is 0 Å². The Hall–Kier alpha value is -2.69. The molecule has 4 nitrogen and oxygen atoms in total. The number of halogens is 1. The van der Waals surface area contributed by atoms with Gasteiger partial charge in [-0.15, -0.1) is 0 Å². The lowest BCUT2D eigenvalue weighted by molar-refractivity contribution is 0.625. The Morgan fingerprint density at radius 2 is 2.09 bits per heavy atom. The zero-order chi connectivity index (χ0) is 15.1. The number of pyridine rings is 1. The van der Waals surface area contributed by atoms with Crippen molar-refractivity contribution < 1.29 is 4.39 Å². The van der Waals surface area contributed by atoms with E-state index in [1.165, 1.54) is 16.5 Å². The molecule has 0 spiro atoms. The molecule has 0 radical (unpaired) electrons. The van der Waals surface area contributed by atoms with E-state index in [4.69, 9.17) is 0 Å². The first-order valence-corrected chi connectivity index (χ1v) is 7.21. The second kappa shape index (κ2) is 4.94. The third-order valence-corrected chi connectivity index (χ3v) is 3.97. The predicted molar refractivity (Wildman–Crippen MR) is 82.6 cm³/mol. The highest BCUT2D eigenvalue weighted by Crippen LogP contribution is 2.42. The molecule has 0 saturated heterocycles. The zero-order valence-corrected chi connectivity index (χ0v) is 11.7. The van der Waals surface area contributed by atoms with Crippen LogP contribution in [0, 0.1) is 5.82 Å².